The lowest BCUT2D eigenvalue weighted by Crippen LogP contribution is -2.52. The van der Waals surface area contributed by atoms with Gasteiger partial charge >= 0.3 is 0 Å². The van der Waals surface area contributed by atoms with Crippen LogP contribution in [0.3, 0.4) is 0 Å². The van der Waals surface area contributed by atoms with E-state index in [1.165, 1.54) is 12.1 Å². The molecule has 0 bridgehead atoms. The molecule has 1 aliphatic rings. The number of hydrogen-bond donors (Lipinski definition) is 4. The van der Waals surface area contributed by atoms with Crippen LogP contribution in [-0.4, -0.2) is 46.6 Å². The topological polar surface area (TPSA) is 116 Å². The molecule has 1 aromatic rings. The Morgan fingerprint density at radius 2 is 2.00 bits per heavy atom. The molecule has 160 valence electrons. The van der Waals surface area contributed by atoms with Crippen LogP contribution in [0.2, 0.25) is 5.02 Å². The van der Waals surface area contributed by atoms with Gasteiger partial charge in [-0.15, -0.1) is 0 Å². The number of ketones is 1. The van der Waals surface area contributed by atoms with Crippen LogP contribution in [0.5, 0.6) is 0 Å². The zero-order chi connectivity index (χ0) is 21.4. The van der Waals surface area contributed by atoms with Crippen LogP contribution in [0, 0.1) is 11.7 Å². The molecular weight excluding hydrogens is 403 g/mol. The number of Topliss-reactive ketones (excluding diaryl/α,β-unsaturated/α-hetero) is 1. The van der Waals surface area contributed by atoms with E-state index in [0.29, 0.717) is 24.8 Å². The summed E-state index contributed by atoms with van der Waals surface area (Å²) in [4.78, 5) is 36.6. The SMILES string of the molecule is O=C(CCC1CCC(=O)C(O)(C(=O)NCc2cc(F)cc(Cl)c2)CC1)NCCO. The third kappa shape index (κ3) is 6.76. The number of rotatable bonds is 8. The predicted molar refractivity (Wildman–Crippen MR) is 105 cm³/mol. The fourth-order valence-electron chi connectivity index (χ4n) is 3.43. The number of aliphatic hydroxyl groups excluding tert-OH is 1. The van der Waals surface area contributed by atoms with E-state index in [4.69, 9.17) is 16.7 Å². The minimum atomic E-state index is -2.13. The van der Waals surface area contributed by atoms with Gasteiger partial charge in [0, 0.05) is 31.0 Å². The fraction of sp³-hybridized carbons (Fsp3) is 0.550. The molecule has 2 rings (SSSR count). The lowest BCUT2D eigenvalue weighted by molar-refractivity contribution is -0.152. The third-order valence-corrected chi connectivity index (χ3v) is 5.34. The summed E-state index contributed by atoms with van der Waals surface area (Å²) in [6.07, 6.45) is 1.70. The van der Waals surface area contributed by atoms with Gasteiger partial charge in [0.15, 0.2) is 5.78 Å². The smallest absolute Gasteiger partial charge is 0.260 e. The first-order valence-electron chi connectivity index (χ1n) is 9.61. The van der Waals surface area contributed by atoms with Crippen molar-refractivity contribution in [3.05, 3.63) is 34.6 Å². The molecule has 0 saturated heterocycles. The molecule has 1 fully saturated rings. The number of nitrogens with one attached hydrogen (secondary N) is 2. The van der Waals surface area contributed by atoms with Crippen LogP contribution >= 0.6 is 11.6 Å². The summed E-state index contributed by atoms with van der Waals surface area (Å²) in [6, 6.07) is 3.84. The maximum absolute atomic E-state index is 13.4. The standard InChI is InChI=1S/C20H26ClFN2O5/c21-15-9-14(10-16(22)11-15)12-24-19(28)20(29)6-5-13(1-3-17(20)26)2-4-18(27)23-7-8-25/h9-11,13,25,29H,1-8,12H2,(H,23,27)(H,24,28). The molecular formula is C20H26ClFN2O5. The molecule has 0 radical (unpaired) electrons. The van der Waals surface area contributed by atoms with Crippen molar-refractivity contribution in [2.24, 2.45) is 5.92 Å². The van der Waals surface area contributed by atoms with Crippen molar-refractivity contribution in [2.75, 3.05) is 13.2 Å². The lowest BCUT2D eigenvalue weighted by Gasteiger charge is -2.24. The fourth-order valence-corrected chi connectivity index (χ4v) is 3.67. The highest BCUT2D eigenvalue weighted by Crippen LogP contribution is 2.31. The van der Waals surface area contributed by atoms with Crippen LogP contribution < -0.4 is 10.6 Å². The Bertz CT molecular complexity index is 740. The van der Waals surface area contributed by atoms with E-state index in [9.17, 15) is 23.9 Å². The lowest BCUT2D eigenvalue weighted by atomic mass is 9.90. The van der Waals surface area contributed by atoms with E-state index in [0.717, 1.165) is 6.07 Å². The van der Waals surface area contributed by atoms with Crippen molar-refractivity contribution in [1.82, 2.24) is 10.6 Å². The van der Waals surface area contributed by atoms with Crippen molar-refractivity contribution < 1.29 is 29.0 Å². The number of halogens is 2. The Morgan fingerprint density at radius 3 is 2.69 bits per heavy atom. The summed E-state index contributed by atoms with van der Waals surface area (Å²) in [7, 11) is 0. The number of carbonyl (C=O) groups is 3. The summed E-state index contributed by atoms with van der Waals surface area (Å²) < 4.78 is 13.4. The molecule has 0 aliphatic heterocycles. The van der Waals surface area contributed by atoms with Gasteiger partial charge in [-0.05, 0) is 55.4 Å². The number of amides is 2. The molecule has 29 heavy (non-hydrogen) atoms. The van der Waals surface area contributed by atoms with Crippen molar-refractivity contribution in [3.63, 3.8) is 0 Å². The van der Waals surface area contributed by atoms with E-state index in [-0.39, 0.29) is 55.8 Å². The second-order valence-electron chi connectivity index (χ2n) is 7.30. The molecule has 1 saturated carbocycles. The van der Waals surface area contributed by atoms with Gasteiger partial charge in [-0.1, -0.05) is 11.6 Å². The average Bonchev–Trinajstić information content (AvgIpc) is 2.82. The molecule has 0 heterocycles. The molecule has 2 atom stereocenters. The summed E-state index contributed by atoms with van der Waals surface area (Å²) in [5.41, 5.74) is -1.72. The maximum atomic E-state index is 13.4. The predicted octanol–water partition coefficient (Wildman–Crippen LogP) is 1.47. The number of carbonyl (C=O) groups excluding carboxylic acids is 3. The van der Waals surface area contributed by atoms with E-state index >= 15 is 0 Å². The Kier molecular flexibility index (Phi) is 8.55. The number of benzene rings is 1. The minimum Gasteiger partial charge on any atom is -0.395 e. The van der Waals surface area contributed by atoms with Gasteiger partial charge in [0.2, 0.25) is 11.5 Å². The molecule has 1 aliphatic carbocycles. The van der Waals surface area contributed by atoms with Crippen LogP contribution in [-0.2, 0) is 20.9 Å². The first-order valence-corrected chi connectivity index (χ1v) is 9.99. The van der Waals surface area contributed by atoms with Crippen molar-refractivity contribution in [2.45, 2.75) is 50.7 Å². The van der Waals surface area contributed by atoms with Crippen molar-refractivity contribution in [1.29, 1.82) is 0 Å². The Morgan fingerprint density at radius 1 is 1.24 bits per heavy atom. The zero-order valence-electron chi connectivity index (χ0n) is 16.0. The van der Waals surface area contributed by atoms with E-state index in [2.05, 4.69) is 10.6 Å². The highest BCUT2D eigenvalue weighted by Gasteiger charge is 2.44. The third-order valence-electron chi connectivity index (χ3n) is 5.12. The normalized spacial score (nSPS) is 22.1. The molecule has 2 amide bonds. The summed E-state index contributed by atoms with van der Waals surface area (Å²) in [5.74, 6) is -2.07. The van der Waals surface area contributed by atoms with Gasteiger partial charge in [0.05, 0.1) is 6.61 Å². The van der Waals surface area contributed by atoms with Crippen LogP contribution in [0.4, 0.5) is 4.39 Å². The monoisotopic (exact) mass is 428 g/mol. The zero-order valence-corrected chi connectivity index (χ0v) is 16.8. The molecule has 2 unspecified atom stereocenters. The Hall–Kier alpha value is -2.03. The largest absolute Gasteiger partial charge is 0.395 e. The summed E-state index contributed by atoms with van der Waals surface area (Å²) in [5, 5.41) is 24.7. The Labute approximate surface area is 173 Å². The molecule has 4 N–H and O–H groups in total. The van der Waals surface area contributed by atoms with E-state index in [1.54, 1.807) is 0 Å². The Balaban J connectivity index is 1.91. The van der Waals surface area contributed by atoms with Gasteiger partial charge < -0.3 is 20.8 Å². The minimum absolute atomic E-state index is 0.0303. The van der Waals surface area contributed by atoms with E-state index in [1.807, 2.05) is 0 Å². The molecule has 0 aromatic heterocycles. The molecule has 7 nitrogen and oxygen atoms in total. The van der Waals surface area contributed by atoms with Crippen LogP contribution in [0.1, 0.15) is 44.1 Å². The second kappa shape index (κ2) is 10.7. The maximum Gasteiger partial charge on any atom is 0.260 e. The number of aliphatic hydroxyl groups is 2. The summed E-state index contributed by atoms with van der Waals surface area (Å²) >= 11 is 5.79. The first kappa shape index (κ1) is 23.3. The molecule has 1 aromatic carbocycles. The highest BCUT2D eigenvalue weighted by atomic mass is 35.5. The van der Waals surface area contributed by atoms with E-state index < -0.39 is 23.1 Å². The van der Waals surface area contributed by atoms with Crippen LogP contribution in [0.25, 0.3) is 0 Å². The second-order valence-corrected chi connectivity index (χ2v) is 7.74. The van der Waals surface area contributed by atoms with Gasteiger partial charge in [0.25, 0.3) is 5.91 Å². The number of hydrogen-bond acceptors (Lipinski definition) is 5. The highest BCUT2D eigenvalue weighted by molar-refractivity contribution is 6.30. The van der Waals surface area contributed by atoms with Crippen LogP contribution in [0.15, 0.2) is 18.2 Å². The molecule has 0 spiro atoms. The summed E-state index contributed by atoms with van der Waals surface area (Å²) in [6.45, 7) is -0.00750. The first-order chi connectivity index (χ1) is 13.7. The molecule has 9 heteroatoms. The van der Waals surface area contributed by atoms with Gasteiger partial charge in [-0.25, -0.2) is 4.39 Å². The van der Waals surface area contributed by atoms with Crippen molar-refractivity contribution in [3.8, 4) is 0 Å². The van der Waals surface area contributed by atoms with Crippen molar-refractivity contribution >= 4 is 29.2 Å². The average molecular weight is 429 g/mol. The van der Waals surface area contributed by atoms with Gasteiger partial charge in [-0.2, -0.15) is 0 Å². The quantitative estimate of drug-likeness (QED) is 0.369. The van der Waals surface area contributed by atoms with Gasteiger partial charge in [0.1, 0.15) is 5.82 Å². The van der Waals surface area contributed by atoms with Gasteiger partial charge in [-0.3, -0.25) is 14.4 Å².